The van der Waals surface area contributed by atoms with Crippen LogP contribution in [0.1, 0.15) is 6.92 Å². The van der Waals surface area contributed by atoms with E-state index in [4.69, 9.17) is 0 Å². The van der Waals surface area contributed by atoms with Crippen molar-refractivity contribution in [2.45, 2.75) is 6.92 Å². The van der Waals surface area contributed by atoms with E-state index < -0.39 is 0 Å². The summed E-state index contributed by atoms with van der Waals surface area (Å²) >= 11 is 10.4. The molecule has 1 aliphatic heterocycles. The Morgan fingerprint density at radius 2 is 1.71 bits per heavy atom. The van der Waals surface area contributed by atoms with Gasteiger partial charge in [-0.15, -0.1) is 0 Å². The molecule has 8 heteroatoms. The molecule has 24 heavy (non-hydrogen) atoms. The molecule has 2 aromatic rings. The molecule has 122 valence electrons. The minimum atomic E-state index is -0.268. The van der Waals surface area contributed by atoms with Gasteiger partial charge in [-0.2, -0.15) is 15.2 Å². The summed E-state index contributed by atoms with van der Waals surface area (Å²) in [6.07, 6.45) is 0. The number of hydrogen-bond donors (Lipinski definition) is 1. The second kappa shape index (κ2) is 7.16. The van der Waals surface area contributed by atoms with Gasteiger partial charge in [0, 0.05) is 13.4 Å². The lowest BCUT2D eigenvalue weighted by molar-refractivity contribution is -0.112. The van der Waals surface area contributed by atoms with Gasteiger partial charge < -0.3 is 0 Å². The lowest BCUT2D eigenvalue weighted by Crippen LogP contribution is -2.27. The van der Waals surface area contributed by atoms with Crippen LogP contribution in [0.25, 0.3) is 0 Å². The molecule has 0 unspecified atom stereocenters. The molecular weight excluding hydrogens is 504 g/mol. The number of hydrazone groups is 2. The van der Waals surface area contributed by atoms with Crippen LogP contribution < -0.4 is 10.4 Å². The number of benzene rings is 2. The lowest BCUT2D eigenvalue weighted by atomic mass is 10.2. The highest BCUT2D eigenvalue weighted by molar-refractivity contribution is 9.11. The van der Waals surface area contributed by atoms with Crippen LogP contribution in [0.15, 0.2) is 66.1 Å². The Morgan fingerprint density at radius 3 is 2.33 bits per heavy atom. The third-order valence-electron chi connectivity index (χ3n) is 3.27. The predicted molar refractivity (Wildman–Crippen MR) is 108 cm³/mol. The average Bonchev–Trinajstić information content (AvgIpc) is 2.82. The van der Waals surface area contributed by atoms with Crippen LogP contribution in [0.3, 0.4) is 0 Å². The van der Waals surface area contributed by atoms with E-state index >= 15 is 0 Å². The van der Waals surface area contributed by atoms with E-state index in [0.717, 1.165) is 19.1 Å². The summed E-state index contributed by atoms with van der Waals surface area (Å²) in [5, 5.41) is 9.89. The Labute approximate surface area is 164 Å². The summed E-state index contributed by atoms with van der Waals surface area (Å²) in [6.45, 7) is 1.76. The number of nitrogens with one attached hydrogen (secondary N) is 1. The van der Waals surface area contributed by atoms with E-state index in [2.05, 4.69) is 63.4 Å². The van der Waals surface area contributed by atoms with Crippen molar-refractivity contribution < 1.29 is 4.79 Å². The van der Waals surface area contributed by atoms with Gasteiger partial charge in [0.2, 0.25) is 0 Å². The summed E-state index contributed by atoms with van der Waals surface area (Å²) in [4.78, 5) is 12.6. The van der Waals surface area contributed by atoms with Crippen molar-refractivity contribution in [3.8, 4) is 0 Å². The first-order valence-corrected chi connectivity index (χ1v) is 9.28. The highest BCUT2D eigenvalue weighted by atomic mass is 79.9. The van der Waals surface area contributed by atoms with Crippen LogP contribution >= 0.6 is 47.8 Å². The quantitative estimate of drug-likeness (QED) is 0.575. The topological polar surface area (TPSA) is 57.1 Å². The Hall–Kier alpha value is -1.51. The monoisotopic (exact) mass is 512 g/mol. The van der Waals surface area contributed by atoms with Gasteiger partial charge in [-0.3, -0.25) is 10.2 Å². The number of hydrogen-bond acceptors (Lipinski definition) is 4. The maximum absolute atomic E-state index is 12.6. The molecule has 0 bridgehead atoms. The molecule has 1 amide bonds. The van der Waals surface area contributed by atoms with Crippen LogP contribution in [0.5, 0.6) is 0 Å². The fourth-order valence-electron chi connectivity index (χ4n) is 2.13. The first-order valence-electron chi connectivity index (χ1n) is 6.90. The van der Waals surface area contributed by atoms with E-state index in [0.29, 0.717) is 11.4 Å². The molecule has 1 N–H and O–H groups in total. The highest BCUT2D eigenvalue weighted by Crippen LogP contribution is 2.34. The molecule has 5 nitrogen and oxygen atoms in total. The summed E-state index contributed by atoms with van der Waals surface area (Å²) in [5.74, 6) is -0.268. The van der Waals surface area contributed by atoms with Crippen molar-refractivity contribution in [2.24, 2.45) is 10.2 Å². The first-order chi connectivity index (χ1) is 11.5. The average molecular weight is 515 g/mol. The van der Waals surface area contributed by atoms with Gasteiger partial charge in [0.05, 0.1) is 17.1 Å². The molecular formula is C16H11Br3N4O. The molecule has 0 radical (unpaired) electrons. The third-order valence-corrected chi connectivity index (χ3v) is 4.98. The standard InChI is InChI=1S/C16H11Br3N4O/c1-9-14(16(24)23(22-9)11-5-3-2-4-6-11)20-21-15-12(18)7-10(17)8-13(15)19/h2-8,21H,1H3. The molecule has 0 fully saturated rings. The summed E-state index contributed by atoms with van der Waals surface area (Å²) in [6, 6.07) is 13.0. The second-order valence-corrected chi connectivity index (χ2v) is 7.58. The molecule has 0 spiro atoms. The van der Waals surface area contributed by atoms with E-state index in [1.165, 1.54) is 5.01 Å². The van der Waals surface area contributed by atoms with Gasteiger partial charge in [0.1, 0.15) is 0 Å². The minimum absolute atomic E-state index is 0.268. The highest BCUT2D eigenvalue weighted by Gasteiger charge is 2.30. The molecule has 1 aliphatic rings. The number of amides is 1. The summed E-state index contributed by atoms with van der Waals surface area (Å²) < 4.78 is 2.55. The van der Waals surface area contributed by atoms with Crippen molar-refractivity contribution in [1.82, 2.24) is 0 Å². The van der Waals surface area contributed by atoms with Gasteiger partial charge in [0.15, 0.2) is 5.71 Å². The van der Waals surface area contributed by atoms with E-state index in [1.807, 2.05) is 42.5 Å². The van der Waals surface area contributed by atoms with E-state index in [-0.39, 0.29) is 11.6 Å². The molecule has 3 rings (SSSR count). The Morgan fingerprint density at radius 1 is 1.08 bits per heavy atom. The van der Waals surface area contributed by atoms with Gasteiger partial charge in [-0.05, 0) is 63.0 Å². The fourth-order valence-corrected chi connectivity index (χ4v) is 4.57. The number of carbonyl (C=O) groups is 1. The zero-order valence-corrected chi connectivity index (χ0v) is 17.2. The maximum atomic E-state index is 12.6. The van der Waals surface area contributed by atoms with Crippen molar-refractivity contribution in [1.29, 1.82) is 0 Å². The van der Waals surface area contributed by atoms with Gasteiger partial charge in [-0.25, -0.2) is 0 Å². The molecule has 1 heterocycles. The third kappa shape index (κ3) is 3.45. The zero-order chi connectivity index (χ0) is 17.3. The normalized spacial score (nSPS) is 15.8. The van der Waals surface area contributed by atoms with Crippen molar-refractivity contribution >= 4 is 76.5 Å². The van der Waals surface area contributed by atoms with Crippen LogP contribution in [-0.2, 0) is 4.79 Å². The van der Waals surface area contributed by atoms with Crippen LogP contribution in [-0.4, -0.2) is 17.3 Å². The second-order valence-electron chi connectivity index (χ2n) is 4.95. The van der Waals surface area contributed by atoms with Crippen LogP contribution in [0.4, 0.5) is 11.4 Å². The van der Waals surface area contributed by atoms with Gasteiger partial charge in [-0.1, -0.05) is 34.1 Å². The smallest absolute Gasteiger partial charge is 0.275 e. The SMILES string of the molecule is CC1=NN(c2ccccc2)C(=O)C1=NNc1c(Br)cc(Br)cc1Br. The molecule has 0 atom stereocenters. The molecule has 0 saturated carbocycles. The number of anilines is 2. The maximum Gasteiger partial charge on any atom is 0.301 e. The Bertz CT molecular complexity index is 842. The van der Waals surface area contributed by atoms with Crippen LogP contribution in [0.2, 0.25) is 0 Å². The van der Waals surface area contributed by atoms with Crippen molar-refractivity contribution in [3.63, 3.8) is 0 Å². The van der Waals surface area contributed by atoms with Gasteiger partial charge in [0.25, 0.3) is 0 Å². The number of para-hydroxylation sites is 1. The minimum Gasteiger partial charge on any atom is -0.275 e. The van der Waals surface area contributed by atoms with E-state index in [1.54, 1.807) is 6.92 Å². The molecule has 2 aromatic carbocycles. The molecule has 0 saturated heterocycles. The largest absolute Gasteiger partial charge is 0.301 e. The number of halogens is 3. The molecule has 0 aliphatic carbocycles. The fraction of sp³-hybridized carbons (Fsp3) is 0.0625. The lowest BCUT2D eigenvalue weighted by Gasteiger charge is -2.11. The predicted octanol–water partition coefficient (Wildman–Crippen LogP) is 5.16. The number of carbonyl (C=O) groups excluding carboxylic acids is 1. The Balaban J connectivity index is 1.87. The van der Waals surface area contributed by atoms with Crippen molar-refractivity contribution in [2.75, 3.05) is 10.4 Å². The number of rotatable bonds is 3. The van der Waals surface area contributed by atoms with Gasteiger partial charge >= 0.3 is 5.91 Å². The van der Waals surface area contributed by atoms with E-state index in [9.17, 15) is 4.79 Å². The summed E-state index contributed by atoms with van der Waals surface area (Å²) in [5.41, 5.74) is 5.20. The Kier molecular flexibility index (Phi) is 5.17. The first kappa shape index (κ1) is 17.3. The zero-order valence-electron chi connectivity index (χ0n) is 12.4. The molecule has 0 aromatic heterocycles. The van der Waals surface area contributed by atoms with Crippen LogP contribution in [0, 0.1) is 0 Å². The summed E-state index contributed by atoms with van der Waals surface area (Å²) in [7, 11) is 0. The number of nitrogens with zero attached hydrogens (tertiary/aromatic N) is 3. The van der Waals surface area contributed by atoms with Crippen molar-refractivity contribution in [3.05, 3.63) is 55.9 Å².